The molecule has 0 radical (unpaired) electrons. The molecule has 1 fully saturated rings. The maximum absolute atomic E-state index is 12.0. The summed E-state index contributed by atoms with van der Waals surface area (Å²) in [6, 6.07) is -0.0433. The third kappa shape index (κ3) is 2.52. The number of aliphatic carboxylic acids is 1. The van der Waals surface area contributed by atoms with Crippen LogP contribution in [0.15, 0.2) is 6.20 Å². The minimum atomic E-state index is -0.774. The molecule has 1 aromatic rings. The normalized spacial score (nSPS) is 23.0. The molecule has 1 heterocycles. The van der Waals surface area contributed by atoms with Gasteiger partial charge in [0, 0.05) is 19.3 Å². The molecule has 2 atom stereocenters. The van der Waals surface area contributed by atoms with E-state index < -0.39 is 5.97 Å². The number of carboxylic acid groups (broad SMARTS) is 1. The Kier molecular flexibility index (Phi) is 3.36. The lowest BCUT2D eigenvalue weighted by atomic mass is 10.1. The van der Waals surface area contributed by atoms with Crippen LogP contribution in [0.5, 0.6) is 0 Å². The number of hydrogen-bond acceptors (Lipinski definition) is 3. The SMILES string of the molecule is Cc1nn(C)cc1C(=O)N[C@H]1CC[C@@H](C(=O)O)C1. The van der Waals surface area contributed by atoms with E-state index in [0.29, 0.717) is 24.1 Å². The number of carbonyl (C=O) groups is 2. The molecule has 0 bridgehead atoms. The number of hydrogen-bond donors (Lipinski definition) is 2. The zero-order chi connectivity index (χ0) is 13.3. The fourth-order valence-electron chi connectivity index (χ4n) is 2.42. The van der Waals surface area contributed by atoms with Gasteiger partial charge in [0.25, 0.3) is 5.91 Å². The number of aromatic nitrogens is 2. The van der Waals surface area contributed by atoms with E-state index in [0.717, 1.165) is 6.42 Å². The quantitative estimate of drug-likeness (QED) is 0.828. The second-order valence-corrected chi connectivity index (χ2v) is 4.82. The summed E-state index contributed by atoms with van der Waals surface area (Å²) in [4.78, 5) is 22.8. The predicted octanol–water partition coefficient (Wildman–Crippen LogP) is 0.712. The van der Waals surface area contributed by atoms with E-state index in [1.807, 2.05) is 0 Å². The summed E-state index contributed by atoms with van der Waals surface area (Å²) in [5.74, 6) is -1.27. The topological polar surface area (TPSA) is 84.2 Å². The number of rotatable bonds is 3. The molecular weight excluding hydrogens is 234 g/mol. The molecular formula is C12H17N3O3. The summed E-state index contributed by atoms with van der Waals surface area (Å²) >= 11 is 0. The summed E-state index contributed by atoms with van der Waals surface area (Å²) < 4.78 is 1.60. The Hall–Kier alpha value is -1.85. The highest BCUT2D eigenvalue weighted by molar-refractivity contribution is 5.95. The number of amides is 1. The highest BCUT2D eigenvalue weighted by Gasteiger charge is 2.31. The third-order valence-electron chi connectivity index (χ3n) is 3.38. The summed E-state index contributed by atoms with van der Waals surface area (Å²) in [6.07, 6.45) is 3.54. The average molecular weight is 251 g/mol. The van der Waals surface area contributed by atoms with E-state index in [1.54, 1.807) is 24.9 Å². The van der Waals surface area contributed by atoms with Gasteiger partial charge in [0.15, 0.2) is 0 Å². The largest absolute Gasteiger partial charge is 0.481 e. The van der Waals surface area contributed by atoms with Gasteiger partial charge < -0.3 is 10.4 Å². The molecule has 2 N–H and O–H groups in total. The molecule has 0 aromatic carbocycles. The number of aryl methyl sites for hydroxylation is 2. The minimum absolute atomic E-state index is 0.0433. The van der Waals surface area contributed by atoms with Crippen LogP contribution >= 0.6 is 0 Å². The number of carbonyl (C=O) groups excluding carboxylic acids is 1. The van der Waals surface area contributed by atoms with E-state index in [-0.39, 0.29) is 17.9 Å². The Morgan fingerprint density at radius 2 is 2.22 bits per heavy atom. The molecule has 18 heavy (non-hydrogen) atoms. The first-order chi connectivity index (χ1) is 8.47. The molecule has 6 nitrogen and oxygen atoms in total. The van der Waals surface area contributed by atoms with Crippen molar-refractivity contribution in [1.29, 1.82) is 0 Å². The summed E-state index contributed by atoms with van der Waals surface area (Å²) in [5.41, 5.74) is 1.24. The van der Waals surface area contributed by atoms with E-state index in [4.69, 9.17) is 5.11 Å². The molecule has 6 heteroatoms. The fourth-order valence-corrected chi connectivity index (χ4v) is 2.42. The Labute approximate surface area is 105 Å². The summed E-state index contributed by atoms with van der Waals surface area (Å²) in [5, 5.41) is 15.9. The van der Waals surface area contributed by atoms with Crippen molar-refractivity contribution in [3.8, 4) is 0 Å². The number of nitrogens with zero attached hydrogens (tertiary/aromatic N) is 2. The smallest absolute Gasteiger partial charge is 0.306 e. The monoisotopic (exact) mass is 251 g/mol. The summed E-state index contributed by atoms with van der Waals surface area (Å²) in [6.45, 7) is 1.78. The van der Waals surface area contributed by atoms with Gasteiger partial charge in [-0.15, -0.1) is 0 Å². The van der Waals surface area contributed by atoms with Crippen molar-refractivity contribution in [3.05, 3.63) is 17.5 Å². The second kappa shape index (κ2) is 4.80. The molecule has 1 aromatic heterocycles. The van der Waals surface area contributed by atoms with Gasteiger partial charge in [-0.1, -0.05) is 0 Å². The van der Waals surface area contributed by atoms with Crippen LogP contribution in [0, 0.1) is 12.8 Å². The Morgan fingerprint density at radius 3 is 2.72 bits per heavy atom. The van der Waals surface area contributed by atoms with Crippen LogP contribution in [0.3, 0.4) is 0 Å². The van der Waals surface area contributed by atoms with Gasteiger partial charge in [0.2, 0.25) is 0 Å². The first kappa shape index (κ1) is 12.6. The van der Waals surface area contributed by atoms with Gasteiger partial charge in [0.1, 0.15) is 0 Å². The fraction of sp³-hybridized carbons (Fsp3) is 0.583. The molecule has 0 aliphatic heterocycles. The molecule has 0 saturated heterocycles. The van der Waals surface area contributed by atoms with E-state index >= 15 is 0 Å². The van der Waals surface area contributed by atoms with E-state index in [1.165, 1.54) is 0 Å². The van der Waals surface area contributed by atoms with Crippen molar-refractivity contribution < 1.29 is 14.7 Å². The van der Waals surface area contributed by atoms with Gasteiger partial charge in [-0.05, 0) is 26.2 Å². The molecule has 1 aliphatic carbocycles. The third-order valence-corrected chi connectivity index (χ3v) is 3.38. The highest BCUT2D eigenvalue weighted by Crippen LogP contribution is 2.25. The van der Waals surface area contributed by atoms with Gasteiger partial charge in [0.05, 0.1) is 17.2 Å². The molecule has 2 rings (SSSR count). The van der Waals surface area contributed by atoms with Crippen LogP contribution < -0.4 is 5.32 Å². The van der Waals surface area contributed by atoms with Crippen molar-refractivity contribution in [2.75, 3.05) is 0 Å². The lowest BCUT2D eigenvalue weighted by molar-refractivity contribution is -0.141. The maximum Gasteiger partial charge on any atom is 0.306 e. The van der Waals surface area contributed by atoms with E-state index in [2.05, 4.69) is 10.4 Å². The standard InChI is InChI=1S/C12H17N3O3/c1-7-10(6-15(2)14-7)11(16)13-9-4-3-8(5-9)12(17)18/h6,8-9H,3-5H2,1-2H3,(H,13,16)(H,17,18)/t8-,9+/m1/s1. The molecule has 98 valence electrons. The van der Waals surface area contributed by atoms with Gasteiger partial charge >= 0.3 is 5.97 Å². The van der Waals surface area contributed by atoms with Crippen molar-refractivity contribution in [2.24, 2.45) is 13.0 Å². The van der Waals surface area contributed by atoms with Crippen LogP contribution in [-0.4, -0.2) is 32.8 Å². The lowest BCUT2D eigenvalue weighted by Gasteiger charge is -2.11. The van der Waals surface area contributed by atoms with Gasteiger partial charge in [-0.2, -0.15) is 5.10 Å². The van der Waals surface area contributed by atoms with Crippen LogP contribution in [0.2, 0.25) is 0 Å². The first-order valence-electron chi connectivity index (χ1n) is 6.01. The molecule has 0 spiro atoms. The first-order valence-corrected chi connectivity index (χ1v) is 6.01. The van der Waals surface area contributed by atoms with Crippen molar-refractivity contribution in [3.63, 3.8) is 0 Å². The summed E-state index contributed by atoms with van der Waals surface area (Å²) in [7, 11) is 1.76. The molecule has 1 saturated carbocycles. The van der Waals surface area contributed by atoms with E-state index in [9.17, 15) is 9.59 Å². The molecule has 1 aliphatic rings. The molecule has 0 unspecified atom stereocenters. The van der Waals surface area contributed by atoms with Gasteiger partial charge in [-0.3, -0.25) is 14.3 Å². The number of nitrogens with one attached hydrogen (secondary N) is 1. The number of carboxylic acids is 1. The van der Waals surface area contributed by atoms with Crippen LogP contribution in [0.25, 0.3) is 0 Å². The van der Waals surface area contributed by atoms with Crippen LogP contribution in [-0.2, 0) is 11.8 Å². The Bertz CT molecular complexity index is 481. The lowest BCUT2D eigenvalue weighted by Crippen LogP contribution is -2.33. The van der Waals surface area contributed by atoms with Crippen molar-refractivity contribution in [2.45, 2.75) is 32.2 Å². The van der Waals surface area contributed by atoms with Crippen LogP contribution in [0.4, 0.5) is 0 Å². The van der Waals surface area contributed by atoms with Gasteiger partial charge in [-0.25, -0.2) is 0 Å². The van der Waals surface area contributed by atoms with Crippen molar-refractivity contribution >= 4 is 11.9 Å². The molecule has 1 amide bonds. The zero-order valence-corrected chi connectivity index (χ0v) is 10.5. The van der Waals surface area contributed by atoms with Crippen LogP contribution in [0.1, 0.15) is 35.3 Å². The zero-order valence-electron chi connectivity index (χ0n) is 10.5. The Morgan fingerprint density at radius 1 is 1.50 bits per heavy atom. The maximum atomic E-state index is 12.0. The minimum Gasteiger partial charge on any atom is -0.481 e. The highest BCUT2D eigenvalue weighted by atomic mass is 16.4. The average Bonchev–Trinajstić information content (AvgIpc) is 2.85. The Balaban J connectivity index is 1.97. The van der Waals surface area contributed by atoms with Crippen molar-refractivity contribution in [1.82, 2.24) is 15.1 Å². The predicted molar refractivity (Wildman–Crippen MR) is 64.2 cm³/mol. The second-order valence-electron chi connectivity index (χ2n) is 4.82.